The normalized spacial score (nSPS) is 10.4. The Bertz CT molecular complexity index is 721. The van der Waals surface area contributed by atoms with Gasteiger partial charge in [-0.3, -0.25) is 9.36 Å². The van der Waals surface area contributed by atoms with Gasteiger partial charge in [-0.2, -0.15) is 0 Å². The SMILES string of the molecule is CC.CC.[B]c1c(F)ccc2c(=O)n(CC)c(NC(C)(C)C)nc12. The van der Waals surface area contributed by atoms with Crippen LogP contribution >= 0.6 is 0 Å². The molecule has 1 N–H and O–H groups in total. The van der Waals surface area contributed by atoms with Crippen molar-refractivity contribution in [1.29, 1.82) is 0 Å². The molecule has 0 saturated heterocycles. The van der Waals surface area contributed by atoms with Gasteiger partial charge in [0.25, 0.3) is 5.56 Å². The van der Waals surface area contributed by atoms with Crippen LogP contribution in [0.1, 0.15) is 55.4 Å². The Labute approximate surface area is 145 Å². The number of aromatic nitrogens is 2. The highest BCUT2D eigenvalue weighted by atomic mass is 19.1. The van der Waals surface area contributed by atoms with Crippen molar-refractivity contribution in [1.82, 2.24) is 9.55 Å². The first-order valence-corrected chi connectivity index (χ1v) is 8.51. The van der Waals surface area contributed by atoms with Gasteiger partial charge in [-0.15, -0.1) is 0 Å². The van der Waals surface area contributed by atoms with Gasteiger partial charge in [0, 0.05) is 12.1 Å². The topological polar surface area (TPSA) is 46.9 Å². The lowest BCUT2D eigenvalue weighted by molar-refractivity contribution is 0.604. The smallest absolute Gasteiger partial charge is 0.262 e. The number of hydrogen-bond acceptors (Lipinski definition) is 3. The molecular formula is C18H29BFN3O. The average Bonchev–Trinajstić information content (AvgIpc) is 2.54. The molecule has 0 amide bonds. The summed E-state index contributed by atoms with van der Waals surface area (Å²) in [5.41, 5.74) is -0.395. The Morgan fingerprint density at radius 2 is 1.75 bits per heavy atom. The van der Waals surface area contributed by atoms with Crippen molar-refractivity contribution in [2.24, 2.45) is 0 Å². The number of halogens is 1. The number of fused-ring (bicyclic) bond motifs is 1. The Morgan fingerprint density at radius 3 is 2.21 bits per heavy atom. The standard InChI is InChI=1S/C14H17BFN3O.2C2H6/c1-5-19-12(20)8-6-7-9(16)10(15)11(8)17-13(19)18-14(2,3)4;2*1-2/h6-7H,5H2,1-4H3,(H,17,18);2*1-2H3. The van der Waals surface area contributed by atoms with Crippen LogP contribution in [-0.2, 0) is 6.54 Å². The monoisotopic (exact) mass is 333 g/mol. The molecule has 0 aliphatic rings. The third-order valence-electron chi connectivity index (χ3n) is 2.92. The van der Waals surface area contributed by atoms with Crippen molar-refractivity contribution in [2.75, 3.05) is 5.32 Å². The maximum absolute atomic E-state index is 13.5. The second-order valence-corrected chi connectivity index (χ2v) is 5.72. The molecule has 1 aromatic carbocycles. The van der Waals surface area contributed by atoms with Gasteiger partial charge < -0.3 is 5.32 Å². The zero-order valence-corrected chi connectivity index (χ0v) is 16.1. The minimum atomic E-state index is -0.569. The van der Waals surface area contributed by atoms with Gasteiger partial charge in [0.05, 0.1) is 10.9 Å². The number of nitrogens with zero attached hydrogens (tertiary/aromatic N) is 2. The summed E-state index contributed by atoms with van der Waals surface area (Å²) in [7, 11) is 5.70. The molecule has 24 heavy (non-hydrogen) atoms. The molecule has 0 bridgehead atoms. The summed E-state index contributed by atoms with van der Waals surface area (Å²) in [6.07, 6.45) is 0. The van der Waals surface area contributed by atoms with Crippen LogP contribution in [0.5, 0.6) is 0 Å². The van der Waals surface area contributed by atoms with Gasteiger partial charge >= 0.3 is 0 Å². The number of nitrogens with one attached hydrogen (secondary N) is 1. The van der Waals surface area contributed by atoms with Crippen LogP contribution in [0.25, 0.3) is 10.9 Å². The Morgan fingerprint density at radius 1 is 1.21 bits per heavy atom. The molecule has 6 heteroatoms. The predicted molar refractivity (Wildman–Crippen MR) is 103 cm³/mol. The molecule has 1 heterocycles. The van der Waals surface area contributed by atoms with Gasteiger partial charge in [0.1, 0.15) is 13.7 Å². The van der Waals surface area contributed by atoms with Crippen LogP contribution < -0.4 is 16.3 Å². The maximum atomic E-state index is 13.5. The van der Waals surface area contributed by atoms with Gasteiger partial charge in [-0.05, 0) is 45.3 Å². The van der Waals surface area contributed by atoms with Crippen molar-refractivity contribution in [2.45, 2.75) is 67.5 Å². The number of hydrogen-bond donors (Lipinski definition) is 1. The molecule has 0 atom stereocenters. The molecule has 0 aliphatic carbocycles. The van der Waals surface area contributed by atoms with Crippen LogP contribution in [0, 0.1) is 5.82 Å². The third kappa shape index (κ3) is 5.08. The van der Waals surface area contributed by atoms with Crippen LogP contribution in [0.15, 0.2) is 16.9 Å². The van der Waals surface area contributed by atoms with Gasteiger partial charge in [0.15, 0.2) is 0 Å². The van der Waals surface area contributed by atoms with Crippen LogP contribution in [0.3, 0.4) is 0 Å². The summed E-state index contributed by atoms with van der Waals surface area (Å²) >= 11 is 0. The molecule has 4 nitrogen and oxygen atoms in total. The molecule has 0 fully saturated rings. The van der Waals surface area contributed by atoms with Gasteiger partial charge in [-0.25, -0.2) is 9.37 Å². The predicted octanol–water partition coefficient (Wildman–Crippen LogP) is 3.61. The Kier molecular flexibility index (Phi) is 8.72. The fourth-order valence-corrected chi connectivity index (χ4v) is 2.01. The molecular weight excluding hydrogens is 304 g/mol. The molecule has 0 spiro atoms. The van der Waals surface area contributed by atoms with E-state index in [1.165, 1.54) is 16.7 Å². The Hall–Kier alpha value is -1.85. The van der Waals surface area contributed by atoms with Crippen molar-refractivity contribution in [3.8, 4) is 0 Å². The highest BCUT2D eigenvalue weighted by molar-refractivity contribution is 6.38. The Balaban J connectivity index is 0.00000123. The number of anilines is 1. The van der Waals surface area contributed by atoms with E-state index in [0.29, 0.717) is 17.9 Å². The molecule has 1 aromatic heterocycles. The van der Waals surface area contributed by atoms with Crippen molar-refractivity contribution >= 4 is 30.2 Å². The van der Waals surface area contributed by atoms with E-state index in [1.807, 2.05) is 55.4 Å². The molecule has 132 valence electrons. The summed E-state index contributed by atoms with van der Waals surface area (Å²) < 4.78 is 15.1. The lowest BCUT2D eigenvalue weighted by atomic mass is 9.93. The lowest BCUT2D eigenvalue weighted by Gasteiger charge is -2.24. The summed E-state index contributed by atoms with van der Waals surface area (Å²) in [4.78, 5) is 16.8. The average molecular weight is 333 g/mol. The zero-order valence-electron chi connectivity index (χ0n) is 16.1. The minimum Gasteiger partial charge on any atom is -0.351 e. The van der Waals surface area contributed by atoms with Crippen molar-refractivity contribution in [3.63, 3.8) is 0 Å². The van der Waals surface area contributed by atoms with E-state index in [9.17, 15) is 9.18 Å². The highest BCUT2D eigenvalue weighted by Gasteiger charge is 2.17. The van der Waals surface area contributed by atoms with E-state index in [2.05, 4.69) is 10.3 Å². The van der Waals surface area contributed by atoms with E-state index in [-0.39, 0.29) is 22.1 Å². The van der Waals surface area contributed by atoms with E-state index in [4.69, 9.17) is 7.85 Å². The van der Waals surface area contributed by atoms with Crippen molar-refractivity contribution < 1.29 is 4.39 Å². The molecule has 0 saturated carbocycles. The first kappa shape index (κ1) is 22.2. The molecule has 0 unspecified atom stereocenters. The fraction of sp³-hybridized carbons (Fsp3) is 0.556. The van der Waals surface area contributed by atoms with E-state index < -0.39 is 5.82 Å². The molecule has 0 aliphatic heterocycles. The van der Waals surface area contributed by atoms with Crippen LogP contribution in [0.2, 0.25) is 0 Å². The molecule has 2 radical (unpaired) electrons. The molecule has 2 rings (SSSR count). The summed E-state index contributed by atoms with van der Waals surface area (Å²) in [5.74, 6) is -0.171. The minimum absolute atomic E-state index is 0.0974. The van der Waals surface area contributed by atoms with Crippen LogP contribution in [0.4, 0.5) is 10.3 Å². The number of rotatable bonds is 2. The lowest BCUT2D eigenvalue weighted by Crippen LogP contribution is -2.33. The largest absolute Gasteiger partial charge is 0.351 e. The van der Waals surface area contributed by atoms with Crippen LogP contribution in [-0.4, -0.2) is 22.9 Å². The fourth-order valence-electron chi connectivity index (χ4n) is 2.01. The summed E-state index contributed by atoms with van der Waals surface area (Å²) in [6.45, 7) is 16.2. The van der Waals surface area contributed by atoms with E-state index >= 15 is 0 Å². The van der Waals surface area contributed by atoms with E-state index in [1.54, 1.807) is 0 Å². The quantitative estimate of drug-likeness (QED) is 0.854. The first-order chi connectivity index (χ1) is 11.2. The van der Waals surface area contributed by atoms with Gasteiger partial charge in [-0.1, -0.05) is 27.7 Å². The third-order valence-corrected chi connectivity index (χ3v) is 2.92. The first-order valence-electron chi connectivity index (χ1n) is 8.51. The summed E-state index contributed by atoms with van der Waals surface area (Å²) in [6, 6.07) is 2.61. The second-order valence-electron chi connectivity index (χ2n) is 5.72. The van der Waals surface area contributed by atoms with E-state index in [0.717, 1.165) is 0 Å². The summed E-state index contributed by atoms with van der Waals surface area (Å²) in [5, 5.41) is 3.48. The zero-order chi connectivity index (χ0) is 19.1. The second kappa shape index (κ2) is 9.45. The maximum Gasteiger partial charge on any atom is 0.262 e. The van der Waals surface area contributed by atoms with Gasteiger partial charge in [0.2, 0.25) is 5.95 Å². The molecule has 2 aromatic rings. The highest BCUT2D eigenvalue weighted by Crippen LogP contribution is 2.15. The van der Waals surface area contributed by atoms with Crippen molar-refractivity contribution in [3.05, 3.63) is 28.3 Å². The number of benzene rings is 1.